The third-order valence-corrected chi connectivity index (χ3v) is 4.06. The smallest absolute Gasteiger partial charge is 0.141 e. The van der Waals surface area contributed by atoms with Gasteiger partial charge in [-0.25, -0.2) is 0 Å². The van der Waals surface area contributed by atoms with Crippen molar-refractivity contribution in [3.63, 3.8) is 0 Å². The second-order valence-electron chi connectivity index (χ2n) is 5.08. The third-order valence-electron chi connectivity index (χ3n) is 4.06. The highest BCUT2D eigenvalue weighted by atomic mass is 16.6. The van der Waals surface area contributed by atoms with Gasteiger partial charge in [-0.3, -0.25) is 0 Å². The molecule has 0 heterocycles. The van der Waals surface area contributed by atoms with Gasteiger partial charge < -0.3 is 25.2 Å². The highest BCUT2D eigenvalue weighted by molar-refractivity contribution is 5.32. The molecule has 4 N–H and O–H groups in total. The molecule has 0 aromatic rings. The van der Waals surface area contributed by atoms with Crippen molar-refractivity contribution in [3.05, 3.63) is 75.9 Å². The predicted molar refractivity (Wildman–Crippen MR) is 91.8 cm³/mol. The van der Waals surface area contributed by atoms with E-state index in [2.05, 4.69) is 39.5 Å². The van der Waals surface area contributed by atoms with Crippen molar-refractivity contribution >= 4 is 0 Å². The van der Waals surface area contributed by atoms with Crippen molar-refractivity contribution in [2.75, 3.05) is 13.2 Å². The lowest BCUT2D eigenvalue weighted by atomic mass is 9.78. The Hall–Kier alpha value is -1.76. The number of hydrogen-bond donors (Lipinski definition) is 4. The zero-order valence-electron chi connectivity index (χ0n) is 13.3. The summed E-state index contributed by atoms with van der Waals surface area (Å²) in [5.41, 5.74) is -7.52. The van der Waals surface area contributed by atoms with Crippen molar-refractivity contribution in [2.24, 2.45) is 0 Å². The molecule has 0 aliphatic carbocycles. The molecule has 0 radical (unpaired) electrons. The van der Waals surface area contributed by atoms with Crippen LogP contribution in [-0.4, -0.2) is 56.0 Å². The lowest BCUT2D eigenvalue weighted by Gasteiger charge is -2.49. The van der Waals surface area contributed by atoms with Crippen LogP contribution in [0.4, 0.5) is 0 Å². The van der Waals surface area contributed by atoms with Crippen LogP contribution in [0.15, 0.2) is 75.9 Å². The van der Waals surface area contributed by atoms with Crippen LogP contribution < -0.4 is 0 Å². The molecular weight excluding hydrogens is 296 g/mol. The van der Waals surface area contributed by atoms with Gasteiger partial charge in [0, 0.05) is 0 Å². The standard InChI is InChI=1S/C18H26O5/c1-7-15(21,13-19)17(9-3,10-4)23-18(11-5,12-6)16(22,8-2)14-20/h7-12,19-22H,1-6,13-14H2. The molecule has 0 spiro atoms. The van der Waals surface area contributed by atoms with Crippen molar-refractivity contribution in [3.8, 4) is 0 Å². The molecule has 0 saturated carbocycles. The Kier molecular flexibility index (Phi) is 7.09. The first-order valence-electron chi connectivity index (χ1n) is 6.88. The summed E-state index contributed by atoms with van der Waals surface area (Å²) in [5.74, 6) is 0. The van der Waals surface area contributed by atoms with Gasteiger partial charge in [-0.15, -0.1) is 13.2 Å². The van der Waals surface area contributed by atoms with Gasteiger partial charge in [0.2, 0.25) is 0 Å². The van der Waals surface area contributed by atoms with Gasteiger partial charge in [0.1, 0.15) is 22.4 Å². The number of aliphatic hydroxyl groups excluding tert-OH is 2. The van der Waals surface area contributed by atoms with Gasteiger partial charge >= 0.3 is 0 Å². The lowest BCUT2D eigenvalue weighted by molar-refractivity contribution is -0.208. The first-order valence-corrected chi connectivity index (χ1v) is 6.88. The van der Waals surface area contributed by atoms with E-state index in [1.54, 1.807) is 0 Å². The summed E-state index contributed by atoms with van der Waals surface area (Å²) in [7, 11) is 0. The molecule has 0 aromatic carbocycles. The number of rotatable bonds is 12. The molecule has 128 valence electrons. The maximum absolute atomic E-state index is 10.6. The SMILES string of the molecule is C=CC(O)(CO)C(C=C)(C=C)OC(C=C)(C=C)C(O)(C=C)CO. The summed E-state index contributed by atoms with van der Waals surface area (Å²) in [6, 6.07) is 0. The third kappa shape index (κ3) is 3.15. The minimum absolute atomic E-state index is 0.759. The Morgan fingerprint density at radius 3 is 1.00 bits per heavy atom. The molecule has 5 nitrogen and oxygen atoms in total. The Labute approximate surface area is 137 Å². The first kappa shape index (κ1) is 21.2. The molecule has 2 atom stereocenters. The zero-order chi connectivity index (χ0) is 18.4. The first-order chi connectivity index (χ1) is 10.7. The average Bonchev–Trinajstić information content (AvgIpc) is 2.62. The molecule has 0 saturated heterocycles. The minimum atomic E-state index is -1.99. The highest BCUT2D eigenvalue weighted by Crippen LogP contribution is 2.40. The van der Waals surface area contributed by atoms with Crippen LogP contribution in [0.5, 0.6) is 0 Å². The second-order valence-corrected chi connectivity index (χ2v) is 5.08. The Morgan fingerprint density at radius 1 is 0.609 bits per heavy atom. The molecule has 0 aromatic heterocycles. The summed E-state index contributed by atoms with van der Waals surface area (Å²) in [4.78, 5) is 0. The van der Waals surface area contributed by atoms with Crippen molar-refractivity contribution < 1.29 is 25.2 Å². The van der Waals surface area contributed by atoms with Crippen LogP contribution >= 0.6 is 0 Å². The highest BCUT2D eigenvalue weighted by Gasteiger charge is 2.54. The molecule has 0 fully saturated rings. The summed E-state index contributed by atoms with van der Waals surface area (Å²) in [6.45, 7) is 19.8. The fourth-order valence-electron chi connectivity index (χ4n) is 2.19. The van der Waals surface area contributed by atoms with Gasteiger partial charge in [0.15, 0.2) is 0 Å². The van der Waals surface area contributed by atoms with Gasteiger partial charge in [-0.1, -0.05) is 62.8 Å². The molecular formula is C18H26O5. The van der Waals surface area contributed by atoms with Crippen molar-refractivity contribution in [1.82, 2.24) is 0 Å². The Balaban J connectivity index is 6.46. The zero-order valence-corrected chi connectivity index (χ0v) is 13.3. The van der Waals surface area contributed by atoms with Crippen LogP contribution in [0.25, 0.3) is 0 Å². The van der Waals surface area contributed by atoms with E-state index in [1.807, 2.05) is 0 Å². The average molecular weight is 322 g/mol. The topological polar surface area (TPSA) is 90.2 Å². The van der Waals surface area contributed by atoms with E-state index >= 15 is 0 Å². The van der Waals surface area contributed by atoms with Crippen LogP contribution in [0.2, 0.25) is 0 Å². The van der Waals surface area contributed by atoms with Gasteiger partial charge in [-0.05, 0) is 0 Å². The largest absolute Gasteiger partial charge is 0.393 e. The van der Waals surface area contributed by atoms with E-state index in [-0.39, 0.29) is 0 Å². The van der Waals surface area contributed by atoms with E-state index in [4.69, 9.17) is 4.74 Å². The molecule has 23 heavy (non-hydrogen) atoms. The van der Waals surface area contributed by atoms with Gasteiger partial charge in [-0.2, -0.15) is 0 Å². The van der Waals surface area contributed by atoms with E-state index in [0.717, 1.165) is 12.2 Å². The molecule has 0 bridgehead atoms. The molecule has 0 rings (SSSR count). The normalized spacial score (nSPS) is 17.2. The van der Waals surface area contributed by atoms with Gasteiger partial charge in [0.05, 0.1) is 13.2 Å². The molecule has 0 amide bonds. The molecule has 0 aliphatic rings. The van der Waals surface area contributed by atoms with Crippen molar-refractivity contribution in [2.45, 2.75) is 22.4 Å². The number of ether oxygens (including phenoxy) is 1. The summed E-state index contributed by atoms with van der Waals surface area (Å²) < 4.78 is 5.88. The van der Waals surface area contributed by atoms with E-state index < -0.39 is 35.6 Å². The molecule has 2 unspecified atom stereocenters. The summed E-state index contributed by atoms with van der Waals surface area (Å²) in [6.07, 6.45) is 6.92. The lowest BCUT2D eigenvalue weighted by Crippen LogP contribution is -2.64. The summed E-state index contributed by atoms with van der Waals surface area (Å²) >= 11 is 0. The minimum Gasteiger partial charge on any atom is -0.393 e. The number of aliphatic hydroxyl groups is 4. The predicted octanol–water partition coefficient (Wildman–Crippen LogP) is 1.04. The molecule has 0 aliphatic heterocycles. The fourth-order valence-corrected chi connectivity index (χ4v) is 2.19. The summed E-state index contributed by atoms with van der Waals surface area (Å²) in [5, 5.41) is 40.4. The van der Waals surface area contributed by atoms with Crippen LogP contribution in [0.3, 0.4) is 0 Å². The molecule has 5 heteroatoms. The maximum atomic E-state index is 10.6. The fraction of sp³-hybridized carbons (Fsp3) is 0.333. The van der Waals surface area contributed by atoms with Crippen molar-refractivity contribution in [1.29, 1.82) is 0 Å². The van der Waals surface area contributed by atoms with Crippen LogP contribution in [-0.2, 0) is 4.74 Å². The van der Waals surface area contributed by atoms with Crippen LogP contribution in [0.1, 0.15) is 0 Å². The maximum Gasteiger partial charge on any atom is 0.141 e. The quantitative estimate of drug-likeness (QED) is 0.403. The Bertz CT molecular complexity index is 436. The Morgan fingerprint density at radius 2 is 0.870 bits per heavy atom. The monoisotopic (exact) mass is 322 g/mol. The van der Waals surface area contributed by atoms with E-state index in [0.29, 0.717) is 0 Å². The van der Waals surface area contributed by atoms with Crippen LogP contribution in [0, 0.1) is 0 Å². The number of hydrogen-bond acceptors (Lipinski definition) is 5. The van der Waals surface area contributed by atoms with Gasteiger partial charge in [0.25, 0.3) is 0 Å². The second kappa shape index (κ2) is 7.68. The van der Waals surface area contributed by atoms with E-state index in [9.17, 15) is 20.4 Å². The van der Waals surface area contributed by atoms with E-state index in [1.165, 1.54) is 24.3 Å².